The highest BCUT2D eigenvalue weighted by Crippen LogP contribution is 2.28. The van der Waals surface area contributed by atoms with E-state index >= 15 is 0 Å². The van der Waals surface area contributed by atoms with Crippen LogP contribution in [-0.4, -0.2) is 95.0 Å². The van der Waals surface area contributed by atoms with E-state index in [9.17, 15) is 5.41 Å². The average molecular weight is 558 g/mol. The number of hydrogen-bond donors (Lipinski definition) is 2. The van der Waals surface area contributed by atoms with Crippen LogP contribution in [-0.2, 0) is 12.8 Å². The van der Waals surface area contributed by atoms with Gasteiger partial charge < -0.3 is 20.4 Å². The quantitative estimate of drug-likeness (QED) is 0.348. The van der Waals surface area contributed by atoms with Crippen molar-refractivity contribution in [1.82, 2.24) is 19.6 Å². The van der Waals surface area contributed by atoms with E-state index in [4.69, 9.17) is 5.73 Å². The largest absolute Gasteiger partial charge is 0.370 e. The molecule has 0 aromatic heterocycles. The van der Waals surface area contributed by atoms with Crippen LogP contribution >= 0.6 is 0 Å². The number of aliphatic imine (C=N–C) groups is 1. The summed E-state index contributed by atoms with van der Waals surface area (Å²) in [5.74, 6) is 1.45. The van der Waals surface area contributed by atoms with Crippen molar-refractivity contribution in [2.75, 3.05) is 39.3 Å². The molecule has 0 radical (unpaired) electrons. The van der Waals surface area contributed by atoms with Crippen molar-refractivity contribution in [3.63, 3.8) is 0 Å². The number of guanidine groups is 2. The summed E-state index contributed by atoms with van der Waals surface area (Å²) in [5.41, 5.74) is 9.18. The molecule has 3 aliphatic heterocycles. The van der Waals surface area contributed by atoms with E-state index in [1.165, 1.54) is 24.0 Å². The first-order valence-electron chi connectivity index (χ1n) is 16.1. The summed E-state index contributed by atoms with van der Waals surface area (Å²) in [6, 6.07) is 23.1. The maximum absolute atomic E-state index is 9.30. The average Bonchev–Trinajstić information content (AvgIpc) is 3.66. The smallest absolute Gasteiger partial charge is 0.194 e. The Morgan fingerprint density at radius 1 is 0.902 bits per heavy atom. The highest BCUT2D eigenvalue weighted by molar-refractivity contribution is 5.80. The molecule has 7 heteroatoms. The number of benzene rings is 2. The van der Waals surface area contributed by atoms with Crippen LogP contribution in [0.25, 0.3) is 0 Å². The van der Waals surface area contributed by atoms with Crippen LogP contribution in [0.1, 0.15) is 63.5 Å². The van der Waals surface area contributed by atoms with Crippen molar-refractivity contribution in [3.05, 3.63) is 71.8 Å². The Balaban J connectivity index is 1.26. The summed E-state index contributed by atoms with van der Waals surface area (Å²) >= 11 is 0. The molecule has 0 saturated carbocycles. The second kappa shape index (κ2) is 14.2. The molecule has 3 N–H and O–H groups in total. The van der Waals surface area contributed by atoms with Gasteiger partial charge in [-0.2, -0.15) is 0 Å². The second-order valence-corrected chi connectivity index (χ2v) is 12.3. The van der Waals surface area contributed by atoms with Gasteiger partial charge in [-0.05, 0) is 56.2 Å². The molecule has 5 rings (SSSR count). The molecule has 2 aromatic rings. The molecule has 2 fully saturated rings. The number of hydrogen-bond acceptors (Lipinski definition) is 5. The van der Waals surface area contributed by atoms with E-state index in [1.54, 1.807) is 0 Å². The number of nitrogens with zero attached hydrogens (tertiary/aromatic N) is 5. The normalized spacial score (nSPS) is 24.0. The lowest BCUT2D eigenvalue weighted by atomic mass is 10.0. The topological polar surface area (TPSA) is 75.2 Å². The third-order valence-corrected chi connectivity index (χ3v) is 9.39. The third kappa shape index (κ3) is 7.24. The zero-order valence-electron chi connectivity index (χ0n) is 25.3. The molecule has 0 spiro atoms. The van der Waals surface area contributed by atoms with Crippen LogP contribution in [0.5, 0.6) is 0 Å². The Bertz CT molecular complexity index is 1120. The van der Waals surface area contributed by atoms with Gasteiger partial charge in [0.2, 0.25) is 0 Å². The summed E-state index contributed by atoms with van der Waals surface area (Å²) in [7, 11) is 0. The molecule has 4 atom stereocenters. The van der Waals surface area contributed by atoms with Crippen LogP contribution in [0, 0.1) is 5.41 Å². The van der Waals surface area contributed by atoms with Crippen molar-refractivity contribution in [1.29, 1.82) is 5.41 Å². The lowest BCUT2D eigenvalue weighted by Gasteiger charge is -2.37. The highest BCUT2D eigenvalue weighted by Gasteiger charge is 2.40. The lowest BCUT2D eigenvalue weighted by molar-refractivity contribution is 0.153. The number of nitrogens with two attached hydrogens (primary N) is 1. The standard InChI is InChI=1S/C34H51N7/c1-3-5-20-39-32(22-28-16-10-7-11-17-28)26-41(34(39)36)30(13-4-2)24-38-19-12-18-29(38)25-40-31(23-37-33(40)35)21-27-14-8-6-9-15-27/h6-11,14-17,29-32,36H,3-5,12-13,18-26H2,1-2H3,(H2,35,37)/t29-,30-,31-,32+/m0/s1. The van der Waals surface area contributed by atoms with Crippen molar-refractivity contribution in [3.8, 4) is 0 Å². The maximum Gasteiger partial charge on any atom is 0.194 e. The molecule has 2 aromatic carbocycles. The number of nitrogens with one attached hydrogen (secondary N) is 1. The van der Waals surface area contributed by atoms with Crippen LogP contribution < -0.4 is 5.73 Å². The molecular weight excluding hydrogens is 506 g/mol. The molecule has 41 heavy (non-hydrogen) atoms. The van der Waals surface area contributed by atoms with Gasteiger partial charge in [0, 0.05) is 38.3 Å². The third-order valence-electron chi connectivity index (χ3n) is 9.39. The van der Waals surface area contributed by atoms with Gasteiger partial charge in [-0.1, -0.05) is 87.4 Å². The SMILES string of the molecule is CCCCN1C(=N)N([C@@H](CCC)CN2CCC[C@H]2CN2C(N)=NC[C@@H]2Cc2ccccc2)C[C@H]1Cc1ccccc1. The van der Waals surface area contributed by atoms with E-state index in [0.29, 0.717) is 30.1 Å². The lowest BCUT2D eigenvalue weighted by Crippen LogP contribution is -2.52. The Labute approximate surface area is 247 Å². The minimum atomic E-state index is 0.337. The minimum Gasteiger partial charge on any atom is -0.370 e. The van der Waals surface area contributed by atoms with Crippen LogP contribution in [0.2, 0.25) is 0 Å². The predicted molar refractivity (Wildman–Crippen MR) is 170 cm³/mol. The molecule has 0 amide bonds. The molecule has 0 bridgehead atoms. The fourth-order valence-electron chi connectivity index (χ4n) is 7.15. The van der Waals surface area contributed by atoms with Crippen molar-refractivity contribution < 1.29 is 0 Å². The van der Waals surface area contributed by atoms with Gasteiger partial charge in [-0.15, -0.1) is 0 Å². The number of likely N-dealkylation sites (tertiary alicyclic amines) is 1. The van der Waals surface area contributed by atoms with E-state index in [-0.39, 0.29) is 0 Å². The minimum absolute atomic E-state index is 0.337. The Morgan fingerprint density at radius 2 is 1.59 bits per heavy atom. The van der Waals surface area contributed by atoms with Gasteiger partial charge in [0.1, 0.15) is 0 Å². The molecule has 0 unspecified atom stereocenters. The molecule has 3 heterocycles. The fourth-order valence-corrected chi connectivity index (χ4v) is 7.15. The first-order chi connectivity index (χ1) is 20.1. The summed E-state index contributed by atoms with van der Waals surface area (Å²) in [6.07, 6.45) is 8.97. The fraction of sp³-hybridized carbons (Fsp3) is 0.588. The monoisotopic (exact) mass is 557 g/mol. The molecule has 7 nitrogen and oxygen atoms in total. The van der Waals surface area contributed by atoms with E-state index in [2.05, 4.69) is 99.1 Å². The zero-order valence-corrected chi connectivity index (χ0v) is 25.3. The predicted octanol–water partition coefficient (Wildman–Crippen LogP) is 4.82. The van der Waals surface area contributed by atoms with Gasteiger partial charge in [-0.25, -0.2) is 0 Å². The Morgan fingerprint density at radius 3 is 2.24 bits per heavy atom. The van der Waals surface area contributed by atoms with Crippen molar-refractivity contribution in [2.45, 2.75) is 89.4 Å². The van der Waals surface area contributed by atoms with Gasteiger partial charge in [0.15, 0.2) is 11.9 Å². The second-order valence-electron chi connectivity index (χ2n) is 12.3. The van der Waals surface area contributed by atoms with Crippen LogP contribution in [0.3, 0.4) is 0 Å². The first kappa shape index (κ1) is 29.4. The van der Waals surface area contributed by atoms with E-state index in [0.717, 1.165) is 83.8 Å². The van der Waals surface area contributed by atoms with Gasteiger partial charge in [-0.3, -0.25) is 15.3 Å². The summed E-state index contributed by atoms with van der Waals surface area (Å²) in [5, 5.41) is 9.30. The maximum atomic E-state index is 9.30. The summed E-state index contributed by atoms with van der Waals surface area (Å²) in [6.45, 7) is 10.4. The van der Waals surface area contributed by atoms with Crippen molar-refractivity contribution in [2.24, 2.45) is 10.7 Å². The first-order valence-corrected chi connectivity index (χ1v) is 16.1. The molecular formula is C34H51N7. The van der Waals surface area contributed by atoms with Crippen molar-refractivity contribution >= 4 is 11.9 Å². The van der Waals surface area contributed by atoms with Gasteiger partial charge in [0.25, 0.3) is 0 Å². The van der Waals surface area contributed by atoms with Gasteiger partial charge >= 0.3 is 0 Å². The molecule has 3 aliphatic rings. The zero-order chi connectivity index (χ0) is 28.6. The molecule has 0 aliphatic carbocycles. The van der Waals surface area contributed by atoms with Crippen LogP contribution in [0.4, 0.5) is 0 Å². The summed E-state index contributed by atoms with van der Waals surface area (Å²) in [4.78, 5) is 14.6. The van der Waals surface area contributed by atoms with E-state index in [1.807, 2.05) is 0 Å². The van der Waals surface area contributed by atoms with E-state index < -0.39 is 0 Å². The Kier molecular flexibility index (Phi) is 10.2. The number of rotatable bonds is 14. The van der Waals surface area contributed by atoms with Crippen LogP contribution in [0.15, 0.2) is 65.7 Å². The Hall–Kier alpha value is -3.06. The highest BCUT2D eigenvalue weighted by atomic mass is 15.5. The molecule has 2 saturated heterocycles. The van der Waals surface area contributed by atoms with Gasteiger partial charge in [0.05, 0.1) is 18.6 Å². The summed E-state index contributed by atoms with van der Waals surface area (Å²) < 4.78 is 0. The number of unbranched alkanes of at least 4 members (excludes halogenated alkanes) is 1. The molecule has 222 valence electrons.